The number of rotatable bonds is 4. The van der Waals surface area contributed by atoms with Crippen molar-refractivity contribution in [1.29, 1.82) is 0 Å². The van der Waals surface area contributed by atoms with Crippen LogP contribution in [0.25, 0.3) is 0 Å². The number of para-hydroxylation sites is 2. The van der Waals surface area contributed by atoms with Gasteiger partial charge in [-0.25, -0.2) is 9.80 Å². The lowest BCUT2D eigenvalue weighted by Gasteiger charge is -2.54. The number of piperazine rings is 1. The smallest absolute Gasteiger partial charge is 0.415 e. The predicted octanol–water partition coefficient (Wildman–Crippen LogP) is 2.88. The minimum atomic E-state index is -0.352. The van der Waals surface area contributed by atoms with Gasteiger partial charge in [0.2, 0.25) is 5.91 Å². The van der Waals surface area contributed by atoms with Crippen LogP contribution in [-0.4, -0.2) is 77.7 Å². The first kappa shape index (κ1) is 22.5. The lowest BCUT2D eigenvalue weighted by molar-refractivity contribution is -0.142. The van der Waals surface area contributed by atoms with E-state index in [-0.39, 0.29) is 30.1 Å². The molecule has 2 heterocycles. The van der Waals surface area contributed by atoms with E-state index in [1.807, 2.05) is 28.9 Å². The molecule has 0 aromatic heterocycles. The largest absolute Gasteiger partial charge is 0.493 e. The Labute approximate surface area is 196 Å². The van der Waals surface area contributed by atoms with Crippen molar-refractivity contribution < 1.29 is 19.1 Å². The van der Waals surface area contributed by atoms with Gasteiger partial charge in [-0.05, 0) is 63.0 Å². The van der Waals surface area contributed by atoms with Crippen LogP contribution in [0.2, 0.25) is 0 Å². The zero-order valence-corrected chi connectivity index (χ0v) is 19.9. The molecule has 0 radical (unpaired) electrons. The Balaban J connectivity index is 1.35. The molecule has 4 aliphatic rings. The molecule has 4 fully saturated rings. The van der Waals surface area contributed by atoms with Crippen molar-refractivity contribution in [3.8, 4) is 11.5 Å². The quantitative estimate of drug-likeness (QED) is 0.751. The van der Waals surface area contributed by atoms with Gasteiger partial charge < -0.3 is 19.3 Å². The molecule has 2 aliphatic heterocycles. The van der Waals surface area contributed by atoms with Crippen molar-refractivity contribution in [3.05, 3.63) is 24.3 Å². The summed E-state index contributed by atoms with van der Waals surface area (Å²) >= 11 is 0. The monoisotopic (exact) mass is 456 g/mol. The van der Waals surface area contributed by atoms with Crippen molar-refractivity contribution in [2.75, 3.05) is 26.7 Å². The molecule has 2 saturated carbocycles. The number of carbonyl (C=O) groups excluding carboxylic acids is 2. The van der Waals surface area contributed by atoms with Gasteiger partial charge in [0.25, 0.3) is 0 Å². The van der Waals surface area contributed by atoms with Crippen LogP contribution in [0, 0.1) is 11.8 Å². The zero-order valence-electron chi connectivity index (χ0n) is 19.9. The summed E-state index contributed by atoms with van der Waals surface area (Å²) in [6.45, 7) is 6.26. The minimum Gasteiger partial charge on any atom is -0.493 e. The topological polar surface area (TPSA) is 74.3 Å². The first-order valence-electron chi connectivity index (χ1n) is 12.4. The van der Waals surface area contributed by atoms with Crippen LogP contribution in [0.3, 0.4) is 0 Å². The number of hydrazine groups is 1. The van der Waals surface area contributed by atoms with E-state index >= 15 is 0 Å². The average molecular weight is 457 g/mol. The van der Waals surface area contributed by atoms with Crippen molar-refractivity contribution in [2.45, 2.75) is 70.1 Å². The molecule has 180 valence electrons. The van der Waals surface area contributed by atoms with Crippen LogP contribution in [0.4, 0.5) is 4.79 Å². The third-order valence-electron chi connectivity index (χ3n) is 8.02. The predicted molar refractivity (Wildman–Crippen MR) is 124 cm³/mol. The zero-order chi connectivity index (χ0) is 23.1. The molecule has 1 N–H and O–H groups in total. The van der Waals surface area contributed by atoms with Crippen molar-refractivity contribution in [2.24, 2.45) is 11.8 Å². The average Bonchev–Trinajstić information content (AvgIpc) is 3.54. The Kier molecular flexibility index (Phi) is 6.22. The molecule has 1 aromatic carbocycles. The van der Waals surface area contributed by atoms with Gasteiger partial charge in [-0.1, -0.05) is 12.1 Å². The van der Waals surface area contributed by atoms with E-state index in [1.54, 1.807) is 26.2 Å². The molecule has 2 aliphatic carbocycles. The van der Waals surface area contributed by atoms with E-state index in [0.717, 1.165) is 32.4 Å². The Hall–Kier alpha value is -2.32. The van der Waals surface area contributed by atoms with E-state index in [0.29, 0.717) is 35.9 Å². The molecule has 8 heteroatoms. The van der Waals surface area contributed by atoms with Gasteiger partial charge in [-0.2, -0.15) is 0 Å². The van der Waals surface area contributed by atoms with Crippen molar-refractivity contribution >= 4 is 12.0 Å². The highest BCUT2D eigenvalue weighted by Crippen LogP contribution is 2.41. The third-order valence-corrected chi connectivity index (χ3v) is 8.02. The van der Waals surface area contributed by atoms with Crippen molar-refractivity contribution in [1.82, 2.24) is 20.2 Å². The van der Waals surface area contributed by atoms with Gasteiger partial charge in [-0.3, -0.25) is 10.2 Å². The van der Waals surface area contributed by atoms with Gasteiger partial charge in [-0.15, -0.1) is 0 Å². The number of carbonyl (C=O) groups is 2. The number of nitrogens with zero attached hydrogens (tertiary/aromatic N) is 3. The van der Waals surface area contributed by atoms with Crippen LogP contribution < -0.4 is 14.9 Å². The maximum atomic E-state index is 13.4. The lowest BCUT2D eigenvalue weighted by atomic mass is 9.73. The highest BCUT2D eigenvalue weighted by molar-refractivity contribution is 5.76. The number of methoxy groups -OCH3 is 1. The molecule has 1 aromatic rings. The summed E-state index contributed by atoms with van der Waals surface area (Å²) in [5, 5.41) is 2.43. The second-order valence-electron chi connectivity index (χ2n) is 10.2. The van der Waals surface area contributed by atoms with Gasteiger partial charge in [0, 0.05) is 38.6 Å². The first-order valence-corrected chi connectivity index (χ1v) is 12.4. The Morgan fingerprint density at radius 2 is 1.76 bits per heavy atom. The summed E-state index contributed by atoms with van der Waals surface area (Å²) in [6, 6.07) is 7.92. The molecule has 5 rings (SSSR count). The number of hydrogen-bond acceptors (Lipinski definition) is 6. The summed E-state index contributed by atoms with van der Waals surface area (Å²) in [5.41, 5.74) is 3.60. The van der Waals surface area contributed by atoms with Gasteiger partial charge in [0.15, 0.2) is 11.5 Å². The fourth-order valence-electron chi connectivity index (χ4n) is 6.29. The number of fused-ring (bicyclic) bond motifs is 1. The molecule has 5 atom stereocenters. The molecule has 2 amide bonds. The Bertz CT molecular complexity index is 891. The fraction of sp³-hybridized carbons (Fsp3) is 0.680. The lowest BCUT2D eigenvalue weighted by Crippen LogP contribution is -2.67. The first-order chi connectivity index (χ1) is 16.0. The number of hydrogen-bond donors (Lipinski definition) is 1. The fourth-order valence-corrected chi connectivity index (χ4v) is 6.29. The number of benzene rings is 1. The maximum Gasteiger partial charge on any atom is 0.415 e. The highest BCUT2D eigenvalue weighted by Gasteiger charge is 2.49. The third kappa shape index (κ3) is 4.43. The van der Waals surface area contributed by atoms with Crippen LogP contribution in [-0.2, 0) is 4.79 Å². The normalized spacial score (nSPS) is 32.4. The van der Waals surface area contributed by atoms with E-state index in [2.05, 4.69) is 10.4 Å². The molecule has 2 saturated heterocycles. The van der Waals surface area contributed by atoms with Crippen LogP contribution >= 0.6 is 0 Å². The molecule has 0 spiro atoms. The highest BCUT2D eigenvalue weighted by atomic mass is 16.6. The summed E-state index contributed by atoms with van der Waals surface area (Å²) in [7, 11) is 1.57. The molecular formula is C25H36N4O4. The summed E-state index contributed by atoms with van der Waals surface area (Å²) in [4.78, 5) is 29.8. The summed E-state index contributed by atoms with van der Waals surface area (Å²) in [6.07, 6.45) is 5.17. The van der Waals surface area contributed by atoms with Gasteiger partial charge >= 0.3 is 6.09 Å². The summed E-state index contributed by atoms with van der Waals surface area (Å²) in [5.74, 6) is 2.18. The Morgan fingerprint density at radius 1 is 1.00 bits per heavy atom. The van der Waals surface area contributed by atoms with E-state index < -0.39 is 0 Å². The van der Waals surface area contributed by atoms with Crippen LogP contribution in [0.15, 0.2) is 24.3 Å². The molecule has 4 unspecified atom stereocenters. The van der Waals surface area contributed by atoms with E-state index in [1.165, 1.54) is 12.8 Å². The number of ether oxygens (including phenoxy) is 2. The Morgan fingerprint density at radius 3 is 2.45 bits per heavy atom. The van der Waals surface area contributed by atoms with Crippen LogP contribution in [0.1, 0.15) is 46.0 Å². The van der Waals surface area contributed by atoms with Crippen LogP contribution in [0.5, 0.6) is 11.5 Å². The SMILES string of the molecule is COc1ccccc1OC(=O)N1C[C@H](C)N(C(C)=O)C2CCC(C3CNN(C4CC4)C3)CC21. The minimum absolute atomic E-state index is 0.0268. The molecular weight excluding hydrogens is 420 g/mol. The van der Waals surface area contributed by atoms with Gasteiger partial charge in [0.1, 0.15) is 0 Å². The second kappa shape index (κ2) is 9.14. The number of nitrogens with one attached hydrogen (secondary N) is 1. The number of amides is 2. The molecule has 8 nitrogen and oxygen atoms in total. The van der Waals surface area contributed by atoms with E-state index in [4.69, 9.17) is 9.47 Å². The van der Waals surface area contributed by atoms with Gasteiger partial charge in [0.05, 0.1) is 19.2 Å². The molecule has 0 bridgehead atoms. The second-order valence-corrected chi connectivity index (χ2v) is 10.2. The maximum absolute atomic E-state index is 13.4. The summed E-state index contributed by atoms with van der Waals surface area (Å²) < 4.78 is 11.2. The standard InChI is InChI=1S/C25H36N4O4/c1-16-14-27(25(31)33-24-7-5-4-6-23(24)32-3)22-12-18(8-11-21(22)29(16)17(2)30)19-13-26-28(15-19)20-9-10-20/h4-7,16,18-22,26H,8-15H2,1-3H3/t16-,18?,19?,21?,22?/m0/s1. The molecule has 33 heavy (non-hydrogen) atoms. The van der Waals surface area contributed by atoms with Crippen molar-refractivity contribution in [3.63, 3.8) is 0 Å². The van der Waals surface area contributed by atoms with E-state index in [9.17, 15) is 9.59 Å².